The van der Waals surface area contributed by atoms with Gasteiger partial charge in [-0.15, -0.1) is 12.4 Å². The monoisotopic (exact) mass is 204 g/mol. The van der Waals surface area contributed by atoms with Gasteiger partial charge in [0.15, 0.2) is 5.76 Å². The van der Waals surface area contributed by atoms with Gasteiger partial charge in [0.1, 0.15) is 0 Å². The lowest BCUT2D eigenvalue weighted by atomic mass is 10.4. The van der Waals surface area contributed by atoms with Crippen molar-refractivity contribution < 1.29 is 9.21 Å². The van der Waals surface area contributed by atoms with E-state index in [1.54, 1.807) is 12.1 Å². The number of carbonyl (C=O) groups excluding carboxylic acids is 1. The van der Waals surface area contributed by atoms with Crippen LogP contribution in [-0.4, -0.2) is 19.0 Å². The Labute approximate surface area is 82.9 Å². The molecule has 1 heterocycles. The van der Waals surface area contributed by atoms with Gasteiger partial charge in [0, 0.05) is 6.54 Å². The van der Waals surface area contributed by atoms with Crippen LogP contribution in [0, 0.1) is 0 Å². The number of hydrogen-bond acceptors (Lipinski definition) is 3. The zero-order valence-electron chi connectivity index (χ0n) is 7.16. The molecule has 0 bridgehead atoms. The van der Waals surface area contributed by atoms with Gasteiger partial charge in [0.25, 0.3) is 5.91 Å². The van der Waals surface area contributed by atoms with E-state index in [4.69, 9.17) is 10.2 Å². The normalized spacial score (nSPS) is 9.00. The third kappa shape index (κ3) is 3.96. The lowest BCUT2D eigenvalue weighted by molar-refractivity contribution is 0.0926. The molecular weight excluding hydrogens is 192 g/mol. The highest BCUT2D eigenvalue weighted by Crippen LogP contribution is 1.98. The van der Waals surface area contributed by atoms with Crippen LogP contribution in [-0.2, 0) is 0 Å². The van der Waals surface area contributed by atoms with Crippen molar-refractivity contribution >= 4 is 18.3 Å². The van der Waals surface area contributed by atoms with Crippen LogP contribution in [0.1, 0.15) is 17.0 Å². The van der Waals surface area contributed by atoms with Gasteiger partial charge in [-0.2, -0.15) is 0 Å². The van der Waals surface area contributed by atoms with Crippen LogP contribution in [0.4, 0.5) is 0 Å². The molecule has 1 aromatic rings. The molecule has 0 atom stereocenters. The number of carbonyl (C=O) groups is 1. The molecule has 0 unspecified atom stereocenters. The van der Waals surface area contributed by atoms with Crippen molar-refractivity contribution in [3.8, 4) is 0 Å². The highest BCUT2D eigenvalue weighted by molar-refractivity contribution is 5.91. The largest absolute Gasteiger partial charge is 0.459 e. The summed E-state index contributed by atoms with van der Waals surface area (Å²) in [6.45, 7) is 1.18. The van der Waals surface area contributed by atoms with E-state index in [2.05, 4.69) is 5.32 Å². The van der Waals surface area contributed by atoms with Crippen LogP contribution in [0.3, 0.4) is 0 Å². The van der Waals surface area contributed by atoms with Crippen LogP contribution in [0.5, 0.6) is 0 Å². The molecule has 0 aromatic carbocycles. The molecule has 0 aliphatic heterocycles. The minimum Gasteiger partial charge on any atom is -0.459 e. The lowest BCUT2D eigenvalue weighted by Gasteiger charge is -1.99. The van der Waals surface area contributed by atoms with Gasteiger partial charge in [-0.1, -0.05) is 0 Å². The number of nitrogens with one attached hydrogen (secondary N) is 1. The van der Waals surface area contributed by atoms with Crippen molar-refractivity contribution in [3.63, 3.8) is 0 Å². The molecule has 5 heteroatoms. The zero-order chi connectivity index (χ0) is 8.81. The summed E-state index contributed by atoms with van der Waals surface area (Å²) in [6.07, 6.45) is 2.25. The molecule has 4 nitrogen and oxygen atoms in total. The number of halogens is 1. The fourth-order valence-electron chi connectivity index (χ4n) is 0.799. The first-order valence-corrected chi connectivity index (χ1v) is 3.86. The Kier molecular flexibility index (Phi) is 6.01. The van der Waals surface area contributed by atoms with E-state index < -0.39 is 0 Å². The Morgan fingerprint density at radius 1 is 1.62 bits per heavy atom. The van der Waals surface area contributed by atoms with Crippen LogP contribution < -0.4 is 11.1 Å². The molecule has 0 radical (unpaired) electrons. The maximum atomic E-state index is 11.1. The van der Waals surface area contributed by atoms with Crippen molar-refractivity contribution in [1.29, 1.82) is 0 Å². The predicted octanol–water partition coefficient (Wildman–Crippen LogP) is 0.780. The van der Waals surface area contributed by atoms with Gasteiger partial charge in [-0.3, -0.25) is 4.79 Å². The summed E-state index contributed by atoms with van der Waals surface area (Å²) in [5.41, 5.74) is 5.26. The molecule has 0 spiro atoms. The summed E-state index contributed by atoms with van der Waals surface area (Å²) in [6, 6.07) is 3.30. The van der Waals surface area contributed by atoms with Gasteiger partial charge in [0.05, 0.1) is 6.26 Å². The molecule has 1 rings (SSSR count). The Bertz CT molecular complexity index is 236. The average molecular weight is 205 g/mol. The first kappa shape index (κ1) is 12.0. The minimum atomic E-state index is -0.187. The second-order valence-corrected chi connectivity index (χ2v) is 2.38. The number of hydrogen-bond donors (Lipinski definition) is 2. The van der Waals surface area contributed by atoms with E-state index in [-0.39, 0.29) is 18.3 Å². The van der Waals surface area contributed by atoms with Crippen molar-refractivity contribution in [2.24, 2.45) is 5.73 Å². The van der Waals surface area contributed by atoms with Gasteiger partial charge < -0.3 is 15.5 Å². The van der Waals surface area contributed by atoms with Crippen LogP contribution in [0.25, 0.3) is 0 Å². The number of furan rings is 1. The summed E-state index contributed by atoms with van der Waals surface area (Å²) >= 11 is 0. The summed E-state index contributed by atoms with van der Waals surface area (Å²) in [4.78, 5) is 11.1. The number of nitrogens with two attached hydrogens (primary N) is 1. The van der Waals surface area contributed by atoms with Crippen LogP contribution >= 0.6 is 12.4 Å². The molecule has 0 aliphatic carbocycles. The molecule has 13 heavy (non-hydrogen) atoms. The minimum absolute atomic E-state index is 0. The molecule has 0 fully saturated rings. The second-order valence-electron chi connectivity index (χ2n) is 2.38. The maximum absolute atomic E-state index is 11.1. The van der Waals surface area contributed by atoms with Crippen LogP contribution in [0.15, 0.2) is 22.8 Å². The highest BCUT2D eigenvalue weighted by Gasteiger charge is 2.05. The fraction of sp³-hybridized carbons (Fsp3) is 0.375. The van der Waals surface area contributed by atoms with Crippen LogP contribution in [0.2, 0.25) is 0 Å². The predicted molar refractivity (Wildman–Crippen MR) is 52.0 cm³/mol. The molecule has 1 amide bonds. The maximum Gasteiger partial charge on any atom is 0.286 e. The molecular formula is C8H13ClN2O2. The Balaban J connectivity index is 0.00000144. The third-order valence-corrected chi connectivity index (χ3v) is 1.41. The topological polar surface area (TPSA) is 68.3 Å². The smallest absolute Gasteiger partial charge is 0.286 e. The first-order chi connectivity index (χ1) is 5.84. The lowest BCUT2D eigenvalue weighted by Crippen LogP contribution is -2.25. The molecule has 3 N–H and O–H groups in total. The Morgan fingerprint density at radius 3 is 2.92 bits per heavy atom. The quantitative estimate of drug-likeness (QED) is 0.713. The molecule has 74 valence electrons. The van der Waals surface area contributed by atoms with E-state index >= 15 is 0 Å². The third-order valence-electron chi connectivity index (χ3n) is 1.41. The molecule has 0 saturated carbocycles. The summed E-state index contributed by atoms with van der Waals surface area (Å²) in [7, 11) is 0. The molecule has 0 saturated heterocycles. The summed E-state index contributed by atoms with van der Waals surface area (Å²) in [5, 5.41) is 2.67. The molecule has 0 aliphatic rings. The Morgan fingerprint density at radius 2 is 2.38 bits per heavy atom. The SMILES string of the molecule is Cl.NCCCNC(=O)c1ccco1. The van der Waals surface area contributed by atoms with Crippen molar-refractivity contribution in [3.05, 3.63) is 24.2 Å². The van der Waals surface area contributed by atoms with Crippen molar-refractivity contribution in [2.75, 3.05) is 13.1 Å². The van der Waals surface area contributed by atoms with Gasteiger partial charge in [-0.05, 0) is 25.1 Å². The van der Waals surface area contributed by atoms with E-state index in [0.29, 0.717) is 18.8 Å². The van der Waals surface area contributed by atoms with E-state index in [9.17, 15) is 4.79 Å². The number of rotatable bonds is 4. The van der Waals surface area contributed by atoms with Gasteiger partial charge >= 0.3 is 0 Å². The van der Waals surface area contributed by atoms with Crippen molar-refractivity contribution in [2.45, 2.75) is 6.42 Å². The van der Waals surface area contributed by atoms with E-state index in [1.165, 1.54) is 6.26 Å². The summed E-state index contributed by atoms with van der Waals surface area (Å²) in [5.74, 6) is 0.153. The standard InChI is InChI=1S/C8H12N2O2.ClH/c9-4-2-5-10-8(11)7-3-1-6-12-7;/h1,3,6H,2,4-5,9H2,(H,10,11);1H. The van der Waals surface area contributed by atoms with Gasteiger partial charge in [0.2, 0.25) is 0 Å². The summed E-state index contributed by atoms with van der Waals surface area (Å²) < 4.78 is 4.88. The first-order valence-electron chi connectivity index (χ1n) is 3.86. The Hall–Kier alpha value is -1.00. The van der Waals surface area contributed by atoms with E-state index in [1.807, 2.05) is 0 Å². The zero-order valence-corrected chi connectivity index (χ0v) is 7.97. The van der Waals surface area contributed by atoms with Gasteiger partial charge in [-0.25, -0.2) is 0 Å². The molecule has 1 aromatic heterocycles. The number of amides is 1. The second kappa shape index (κ2) is 6.51. The average Bonchev–Trinajstić information content (AvgIpc) is 2.56. The van der Waals surface area contributed by atoms with Crippen molar-refractivity contribution in [1.82, 2.24) is 5.32 Å². The highest BCUT2D eigenvalue weighted by atomic mass is 35.5. The van der Waals surface area contributed by atoms with E-state index in [0.717, 1.165) is 6.42 Å². The fourth-order valence-corrected chi connectivity index (χ4v) is 0.799.